The molecule has 3 aromatic rings. The van der Waals surface area contributed by atoms with Crippen molar-refractivity contribution in [1.82, 2.24) is 14.9 Å². The molecule has 3 N–H and O–H groups in total. The molecule has 1 unspecified atom stereocenters. The summed E-state index contributed by atoms with van der Waals surface area (Å²) in [4.78, 5) is 15.3. The van der Waals surface area contributed by atoms with E-state index in [1.165, 1.54) is 11.3 Å². The number of para-hydroxylation sites is 1. The molecule has 0 radical (unpaired) electrons. The molecule has 7 heteroatoms. The van der Waals surface area contributed by atoms with Crippen molar-refractivity contribution in [3.63, 3.8) is 0 Å². The van der Waals surface area contributed by atoms with Crippen molar-refractivity contribution in [2.75, 3.05) is 6.54 Å². The number of nitrogens with zero attached hydrogens (tertiary/aromatic N) is 1. The highest BCUT2D eigenvalue weighted by Gasteiger charge is 2.16. The Morgan fingerprint density at radius 2 is 2.13 bits per heavy atom. The number of carbonyl (C=O) groups is 1. The zero-order chi connectivity index (χ0) is 16.2. The molecule has 0 aliphatic rings. The van der Waals surface area contributed by atoms with E-state index in [0.717, 1.165) is 11.3 Å². The third-order valence-electron chi connectivity index (χ3n) is 3.41. The number of benzene rings is 1. The predicted octanol–water partition coefficient (Wildman–Crippen LogP) is 3.06. The first-order valence-corrected chi connectivity index (χ1v) is 8.36. The number of aromatic amines is 1. The van der Waals surface area contributed by atoms with Gasteiger partial charge in [0.1, 0.15) is 5.69 Å². The van der Waals surface area contributed by atoms with Gasteiger partial charge in [0.15, 0.2) is 4.77 Å². The van der Waals surface area contributed by atoms with Crippen LogP contribution in [-0.2, 0) is 0 Å². The van der Waals surface area contributed by atoms with Crippen molar-refractivity contribution in [1.29, 1.82) is 0 Å². The van der Waals surface area contributed by atoms with Crippen molar-refractivity contribution in [3.8, 4) is 5.69 Å². The van der Waals surface area contributed by atoms with Crippen molar-refractivity contribution in [2.24, 2.45) is 0 Å². The van der Waals surface area contributed by atoms with E-state index in [0.29, 0.717) is 10.5 Å². The van der Waals surface area contributed by atoms with Gasteiger partial charge in [-0.3, -0.25) is 9.36 Å². The van der Waals surface area contributed by atoms with Gasteiger partial charge in [-0.2, -0.15) is 11.3 Å². The van der Waals surface area contributed by atoms with Crippen LogP contribution in [0.3, 0.4) is 0 Å². The highest BCUT2D eigenvalue weighted by atomic mass is 32.1. The Morgan fingerprint density at radius 1 is 1.35 bits per heavy atom. The Bertz CT molecular complexity index is 838. The van der Waals surface area contributed by atoms with Crippen LogP contribution in [0.25, 0.3) is 5.69 Å². The Balaban J connectivity index is 1.77. The minimum Gasteiger partial charge on any atom is -0.387 e. The lowest BCUT2D eigenvalue weighted by Crippen LogP contribution is -2.29. The number of amides is 1. The van der Waals surface area contributed by atoms with E-state index in [1.54, 1.807) is 10.8 Å². The van der Waals surface area contributed by atoms with Crippen molar-refractivity contribution >= 4 is 29.5 Å². The second-order valence-electron chi connectivity index (χ2n) is 4.93. The molecule has 0 fully saturated rings. The molecule has 5 nitrogen and oxygen atoms in total. The van der Waals surface area contributed by atoms with E-state index in [4.69, 9.17) is 12.2 Å². The summed E-state index contributed by atoms with van der Waals surface area (Å²) in [5.41, 5.74) is 2.00. The zero-order valence-electron chi connectivity index (χ0n) is 12.1. The molecule has 2 aromatic heterocycles. The lowest BCUT2D eigenvalue weighted by molar-refractivity contribution is 0.0909. The number of hydrogen-bond acceptors (Lipinski definition) is 4. The summed E-state index contributed by atoms with van der Waals surface area (Å²) in [5, 5.41) is 16.5. The fraction of sp³-hybridized carbons (Fsp3) is 0.125. The van der Waals surface area contributed by atoms with E-state index in [2.05, 4.69) is 10.3 Å². The molecule has 2 heterocycles. The fourth-order valence-electron chi connectivity index (χ4n) is 2.23. The van der Waals surface area contributed by atoms with Crippen LogP contribution in [0.4, 0.5) is 0 Å². The molecule has 0 aliphatic heterocycles. The number of carbonyl (C=O) groups excluding carboxylic acids is 1. The van der Waals surface area contributed by atoms with Crippen LogP contribution in [0.2, 0.25) is 0 Å². The lowest BCUT2D eigenvalue weighted by atomic mass is 10.2. The monoisotopic (exact) mass is 345 g/mol. The number of hydrogen-bond donors (Lipinski definition) is 3. The zero-order valence-corrected chi connectivity index (χ0v) is 13.7. The molecule has 0 saturated carbocycles. The topological polar surface area (TPSA) is 70.1 Å². The standard InChI is InChI=1S/C16H15N3O2S2/c20-14(11-6-7-23-10-11)9-17-15(21)13-8-18-16(22)19(13)12-4-2-1-3-5-12/h1-8,10,14,20H,9H2,(H,17,21)(H,18,22). The van der Waals surface area contributed by atoms with Crippen LogP contribution in [0, 0.1) is 4.77 Å². The second kappa shape index (κ2) is 6.91. The summed E-state index contributed by atoms with van der Waals surface area (Å²) in [6.07, 6.45) is 0.846. The summed E-state index contributed by atoms with van der Waals surface area (Å²) < 4.78 is 2.11. The normalized spacial score (nSPS) is 12.0. The second-order valence-corrected chi connectivity index (χ2v) is 6.10. The van der Waals surface area contributed by atoms with E-state index in [9.17, 15) is 9.90 Å². The number of thiophene rings is 1. The quantitative estimate of drug-likeness (QED) is 0.623. The van der Waals surface area contributed by atoms with Crippen LogP contribution in [0.1, 0.15) is 22.2 Å². The summed E-state index contributed by atoms with van der Waals surface area (Å²) in [6, 6.07) is 11.2. The first-order valence-electron chi connectivity index (χ1n) is 7.01. The van der Waals surface area contributed by atoms with E-state index < -0.39 is 6.10 Å². The van der Waals surface area contributed by atoms with Gasteiger partial charge in [-0.05, 0) is 46.7 Å². The van der Waals surface area contributed by atoms with Crippen LogP contribution in [-0.4, -0.2) is 27.1 Å². The molecular formula is C16H15N3O2S2. The van der Waals surface area contributed by atoms with Crippen molar-refractivity contribution < 1.29 is 9.90 Å². The summed E-state index contributed by atoms with van der Waals surface area (Å²) in [7, 11) is 0. The van der Waals surface area contributed by atoms with Crippen LogP contribution < -0.4 is 5.32 Å². The smallest absolute Gasteiger partial charge is 0.269 e. The number of imidazole rings is 1. The fourth-order valence-corrected chi connectivity index (χ4v) is 3.20. The Labute approximate surface area is 142 Å². The van der Waals surface area contributed by atoms with Crippen molar-refractivity contribution in [2.45, 2.75) is 6.10 Å². The molecule has 0 bridgehead atoms. The number of rotatable bonds is 5. The number of aromatic nitrogens is 2. The molecule has 1 aromatic carbocycles. The van der Waals surface area contributed by atoms with Gasteiger partial charge in [0, 0.05) is 18.4 Å². The third kappa shape index (κ3) is 3.42. The molecule has 1 amide bonds. The molecule has 118 valence electrons. The summed E-state index contributed by atoms with van der Waals surface area (Å²) in [5.74, 6) is -0.296. The average molecular weight is 345 g/mol. The number of nitrogens with one attached hydrogen (secondary N) is 2. The van der Waals surface area contributed by atoms with Gasteiger partial charge < -0.3 is 15.4 Å². The molecule has 0 aliphatic carbocycles. The van der Waals surface area contributed by atoms with Gasteiger partial charge >= 0.3 is 0 Å². The van der Waals surface area contributed by atoms with Gasteiger partial charge in [-0.1, -0.05) is 18.2 Å². The van der Waals surface area contributed by atoms with E-state index in [-0.39, 0.29) is 12.5 Å². The highest BCUT2D eigenvalue weighted by molar-refractivity contribution is 7.71. The maximum atomic E-state index is 12.4. The predicted molar refractivity (Wildman–Crippen MR) is 92.6 cm³/mol. The van der Waals surface area contributed by atoms with Crippen molar-refractivity contribution in [3.05, 3.63) is 69.4 Å². The molecule has 1 atom stereocenters. The first-order chi connectivity index (χ1) is 11.2. The van der Waals surface area contributed by atoms with E-state index in [1.807, 2.05) is 47.2 Å². The van der Waals surface area contributed by atoms with Gasteiger partial charge in [0.2, 0.25) is 0 Å². The maximum Gasteiger partial charge on any atom is 0.269 e. The third-order valence-corrected chi connectivity index (χ3v) is 4.41. The van der Waals surface area contributed by atoms with Gasteiger partial charge in [-0.25, -0.2) is 0 Å². The molecule has 3 rings (SSSR count). The molecule has 0 spiro atoms. The largest absolute Gasteiger partial charge is 0.387 e. The van der Waals surface area contributed by atoms with Gasteiger partial charge in [0.05, 0.1) is 6.10 Å². The van der Waals surface area contributed by atoms with Gasteiger partial charge in [0.25, 0.3) is 5.91 Å². The number of H-pyrrole nitrogens is 1. The SMILES string of the molecule is O=C(NCC(O)c1ccsc1)c1c[nH]c(=S)n1-c1ccccc1. The summed E-state index contributed by atoms with van der Waals surface area (Å²) in [6.45, 7) is 0.141. The first kappa shape index (κ1) is 15.7. The van der Waals surface area contributed by atoms with Crippen LogP contribution in [0.5, 0.6) is 0 Å². The van der Waals surface area contributed by atoms with Crippen LogP contribution >= 0.6 is 23.6 Å². The molecular weight excluding hydrogens is 330 g/mol. The number of aliphatic hydroxyl groups is 1. The summed E-state index contributed by atoms with van der Waals surface area (Å²) >= 11 is 6.76. The number of aliphatic hydroxyl groups excluding tert-OH is 1. The highest BCUT2D eigenvalue weighted by Crippen LogP contribution is 2.16. The Morgan fingerprint density at radius 3 is 2.83 bits per heavy atom. The minimum atomic E-state index is -0.725. The maximum absolute atomic E-state index is 12.4. The Kier molecular flexibility index (Phi) is 4.71. The lowest BCUT2D eigenvalue weighted by Gasteiger charge is -2.12. The molecule has 0 saturated heterocycles. The van der Waals surface area contributed by atoms with E-state index >= 15 is 0 Å². The average Bonchev–Trinajstić information content (AvgIpc) is 3.22. The minimum absolute atomic E-state index is 0.141. The van der Waals surface area contributed by atoms with Gasteiger partial charge in [-0.15, -0.1) is 0 Å². The molecule has 23 heavy (non-hydrogen) atoms. The Hall–Kier alpha value is -2.22. The van der Waals surface area contributed by atoms with Crippen LogP contribution in [0.15, 0.2) is 53.4 Å².